The van der Waals surface area contributed by atoms with Crippen LogP contribution in [0.3, 0.4) is 0 Å². The Bertz CT molecular complexity index is 2060. The van der Waals surface area contributed by atoms with E-state index >= 15 is 0 Å². The summed E-state index contributed by atoms with van der Waals surface area (Å²) in [4.78, 5) is 69.0. The van der Waals surface area contributed by atoms with Crippen LogP contribution in [0.1, 0.15) is 35.6 Å². The van der Waals surface area contributed by atoms with E-state index in [4.69, 9.17) is 4.74 Å². The van der Waals surface area contributed by atoms with Gasteiger partial charge in [-0.2, -0.15) is 0 Å². The molecule has 0 bridgehead atoms. The number of fused-ring (bicyclic) bond motifs is 3. The highest BCUT2D eigenvalue weighted by Crippen LogP contribution is 2.60. The highest BCUT2D eigenvalue weighted by Gasteiger charge is 2.66. The molecule has 53 heavy (non-hydrogen) atoms. The highest BCUT2D eigenvalue weighted by atomic mass is 28.4. The Balaban J connectivity index is 1.22. The maximum atomic E-state index is 14.9. The van der Waals surface area contributed by atoms with Crippen LogP contribution in [-0.4, -0.2) is 65.0 Å². The minimum absolute atomic E-state index is 0.105. The van der Waals surface area contributed by atoms with Gasteiger partial charge in [-0.1, -0.05) is 61.5 Å². The van der Waals surface area contributed by atoms with Crippen molar-refractivity contribution in [3.63, 3.8) is 0 Å². The Morgan fingerprint density at radius 2 is 1.68 bits per heavy atom. The number of ether oxygens (including phenoxy) is 1. The van der Waals surface area contributed by atoms with Gasteiger partial charge in [0.25, 0.3) is 11.6 Å². The predicted octanol–water partition coefficient (Wildman–Crippen LogP) is 5.57. The topological polar surface area (TPSA) is 154 Å². The molecule has 0 saturated carbocycles. The first-order valence-electron chi connectivity index (χ1n) is 17.7. The molecule has 3 aliphatic rings. The van der Waals surface area contributed by atoms with Crippen LogP contribution in [0.25, 0.3) is 0 Å². The van der Waals surface area contributed by atoms with Crippen LogP contribution in [0.4, 0.5) is 22.7 Å². The Labute approximate surface area is 308 Å². The van der Waals surface area contributed by atoms with Crippen molar-refractivity contribution in [2.24, 2.45) is 5.92 Å². The summed E-state index contributed by atoms with van der Waals surface area (Å²) >= 11 is 0. The number of benzene rings is 4. The summed E-state index contributed by atoms with van der Waals surface area (Å²) in [7, 11) is -3.16. The second kappa shape index (κ2) is 14.0. The zero-order valence-corrected chi connectivity index (χ0v) is 30.8. The van der Waals surface area contributed by atoms with Crippen LogP contribution in [0.15, 0.2) is 97.1 Å². The lowest BCUT2D eigenvalue weighted by molar-refractivity contribution is -0.385. The molecular weight excluding hydrogens is 693 g/mol. The predicted molar refractivity (Wildman–Crippen MR) is 201 cm³/mol. The summed E-state index contributed by atoms with van der Waals surface area (Å²) in [6.07, 6.45) is 0.222. The number of nitrogens with zero attached hydrogens (tertiary/aromatic N) is 4. The largest absolute Gasteiger partial charge is 0.432 e. The standard InChI is InChI=1S/C40H42N4O8Si/c1-26-38(53(2,3)51)36(21-37(47)41-23-29-10-8-7-9-28(29)19-33(41)24-45)52-40(26)34-20-32(44(49)50)17-18-35(34)42(39(40)48)22-27-13-15-31(16-14-27)43(25-46)30-11-5-4-6-12-30/h4-18,20,25-26,33,36,38,45,51H,19,21-24H2,1-3H3/t26-,33+,36+,38-,40+/m1/s1. The summed E-state index contributed by atoms with van der Waals surface area (Å²) < 4.78 is 6.82. The molecular formula is C40H42N4O8Si. The number of anilines is 3. The number of para-hydroxylation sites is 1. The van der Waals surface area contributed by atoms with Gasteiger partial charge in [-0.05, 0) is 66.5 Å². The molecule has 0 aliphatic carbocycles. The van der Waals surface area contributed by atoms with Gasteiger partial charge in [-0.25, -0.2) is 0 Å². The second-order valence-electron chi connectivity index (χ2n) is 14.7. The number of rotatable bonds is 10. The quantitative estimate of drug-likeness (QED) is 0.0929. The first-order chi connectivity index (χ1) is 25.4. The van der Waals surface area contributed by atoms with Crippen molar-refractivity contribution in [1.29, 1.82) is 0 Å². The number of amides is 3. The van der Waals surface area contributed by atoms with E-state index < -0.39 is 48.4 Å². The number of hydrogen-bond donors (Lipinski definition) is 2. The highest BCUT2D eigenvalue weighted by molar-refractivity contribution is 6.71. The number of aliphatic hydroxyl groups is 1. The van der Waals surface area contributed by atoms with Crippen molar-refractivity contribution in [3.8, 4) is 0 Å². The van der Waals surface area contributed by atoms with E-state index in [1.165, 1.54) is 17.0 Å². The average Bonchev–Trinajstić information content (AvgIpc) is 3.57. The first kappa shape index (κ1) is 36.2. The third-order valence-corrected chi connectivity index (χ3v) is 13.6. The Morgan fingerprint density at radius 3 is 2.32 bits per heavy atom. The van der Waals surface area contributed by atoms with E-state index in [0.717, 1.165) is 23.1 Å². The number of carbonyl (C=O) groups excluding carboxylic acids is 3. The smallest absolute Gasteiger partial charge is 0.269 e. The fraction of sp³-hybridized carbons (Fsp3) is 0.325. The van der Waals surface area contributed by atoms with Gasteiger partial charge in [-0.3, -0.25) is 29.4 Å². The molecule has 4 aromatic carbocycles. The summed E-state index contributed by atoms with van der Waals surface area (Å²) in [5, 5.41) is 22.3. The third kappa shape index (κ3) is 6.33. The van der Waals surface area contributed by atoms with Crippen LogP contribution in [0.5, 0.6) is 0 Å². The van der Waals surface area contributed by atoms with Gasteiger partial charge in [0, 0.05) is 47.1 Å². The maximum Gasteiger partial charge on any atom is 0.269 e. The van der Waals surface area contributed by atoms with Crippen molar-refractivity contribution in [2.75, 3.05) is 16.4 Å². The van der Waals surface area contributed by atoms with Crippen molar-refractivity contribution >= 4 is 49.3 Å². The fourth-order valence-electron chi connectivity index (χ4n) is 8.67. The molecule has 1 saturated heterocycles. The number of nitro benzene ring substituents is 1. The van der Waals surface area contributed by atoms with Gasteiger partial charge in [0.05, 0.1) is 42.3 Å². The lowest BCUT2D eigenvalue weighted by Gasteiger charge is -2.37. The number of aliphatic hydroxyl groups excluding tert-OH is 1. The van der Waals surface area contributed by atoms with Crippen LogP contribution in [0, 0.1) is 16.0 Å². The zero-order chi connectivity index (χ0) is 37.7. The molecule has 3 amide bonds. The third-order valence-electron chi connectivity index (χ3n) is 11.1. The molecule has 4 aromatic rings. The van der Waals surface area contributed by atoms with Gasteiger partial charge in [-0.15, -0.1) is 0 Å². The molecule has 2 N–H and O–H groups in total. The maximum absolute atomic E-state index is 14.9. The van der Waals surface area contributed by atoms with E-state index in [1.54, 1.807) is 41.1 Å². The number of carbonyl (C=O) groups is 3. The first-order valence-corrected chi connectivity index (χ1v) is 20.8. The molecule has 0 unspecified atom stereocenters. The normalized spacial score (nSPS) is 23.5. The number of non-ortho nitro benzene ring substituents is 1. The SMILES string of the molecule is C[C@@H]1[C@@H]([Si](C)(C)O)[C@H](CC(=O)N2Cc3ccccc3C[C@H]2CO)O[C@@]12C(=O)N(Cc1ccc(N(C=O)c3ccccc3)cc1)c1ccc([N+](=O)[O-])cc12. The molecule has 13 heteroatoms. The molecule has 1 spiro atoms. The lowest BCUT2D eigenvalue weighted by Crippen LogP contribution is -2.48. The van der Waals surface area contributed by atoms with Gasteiger partial charge < -0.3 is 24.4 Å². The lowest BCUT2D eigenvalue weighted by atomic mass is 9.82. The summed E-state index contributed by atoms with van der Waals surface area (Å²) in [6, 6.07) is 28.1. The molecule has 3 aliphatic heterocycles. The summed E-state index contributed by atoms with van der Waals surface area (Å²) in [5.74, 6) is -1.34. The van der Waals surface area contributed by atoms with E-state index in [1.807, 2.05) is 73.7 Å². The summed E-state index contributed by atoms with van der Waals surface area (Å²) in [6.45, 7) is 5.53. The van der Waals surface area contributed by atoms with Crippen molar-refractivity contribution < 1.29 is 33.9 Å². The van der Waals surface area contributed by atoms with Crippen molar-refractivity contribution in [2.45, 2.75) is 69.2 Å². The number of nitro groups is 1. The number of hydrogen-bond acceptors (Lipinski definition) is 8. The Hall–Kier alpha value is -5.21. The van der Waals surface area contributed by atoms with Crippen LogP contribution in [-0.2, 0) is 44.2 Å². The second-order valence-corrected chi connectivity index (χ2v) is 18.7. The molecule has 3 heterocycles. The van der Waals surface area contributed by atoms with E-state index in [-0.39, 0.29) is 31.2 Å². The van der Waals surface area contributed by atoms with Crippen molar-refractivity contribution in [1.82, 2.24) is 4.90 Å². The van der Waals surface area contributed by atoms with E-state index in [9.17, 15) is 34.4 Å². The van der Waals surface area contributed by atoms with Gasteiger partial charge in [0.2, 0.25) is 12.3 Å². The Kier molecular flexibility index (Phi) is 9.53. The van der Waals surface area contributed by atoms with Crippen LogP contribution < -0.4 is 9.80 Å². The molecule has 0 radical (unpaired) electrons. The molecule has 274 valence electrons. The van der Waals surface area contributed by atoms with Gasteiger partial charge in [0.15, 0.2) is 13.9 Å². The zero-order valence-electron chi connectivity index (χ0n) is 29.8. The van der Waals surface area contributed by atoms with Crippen molar-refractivity contribution in [3.05, 3.63) is 129 Å². The molecule has 5 atom stereocenters. The van der Waals surface area contributed by atoms with Crippen LogP contribution in [0.2, 0.25) is 18.6 Å². The van der Waals surface area contributed by atoms with E-state index in [0.29, 0.717) is 35.6 Å². The minimum atomic E-state index is -3.16. The minimum Gasteiger partial charge on any atom is -0.432 e. The van der Waals surface area contributed by atoms with Gasteiger partial charge in [0.1, 0.15) is 0 Å². The fourth-order valence-corrected chi connectivity index (χ4v) is 11.2. The van der Waals surface area contributed by atoms with E-state index in [2.05, 4.69) is 0 Å². The molecule has 12 nitrogen and oxygen atoms in total. The van der Waals surface area contributed by atoms with Crippen LogP contribution >= 0.6 is 0 Å². The molecule has 0 aromatic heterocycles. The molecule has 7 rings (SSSR count). The Morgan fingerprint density at radius 1 is 1.02 bits per heavy atom. The monoisotopic (exact) mass is 734 g/mol. The average molecular weight is 735 g/mol. The summed E-state index contributed by atoms with van der Waals surface area (Å²) in [5.41, 5.74) is 2.43. The molecule has 1 fully saturated rings. The van der Waals surface area contributed by atoms with Gasteiger partial charge >= 0.3 is 0 Å².